The average molecular weight is 579 g/mol. The Kier molecular flexibility index (Phi) is 9.59. The molecular weight excluding hydrogens is 543 g/mol. The monoisotopic (exact) mass is 578 g/mol. The first kappa shape index (κ1) is 29.7. The summed E-state index contributed by atoms with van der Waals surface area (Å²) in [4.78, 5) is 35.3. The second-order valence-electron chi connectivity index (χ2n) is 9.57. The van der Waals surface area contributed by atoms with Crippen LogP contribution in [-0.4, -0.2) is 62.1 Å². The molecule has 5 N–H and O–H groups in total. The average Bonchev–Trinajstić information content (AvgIpc) is 3.51. The number of nitrogen functional groups attached to an aromatic ring is 1. The number of nitrogens with one attached hydrogen (secondary N) is 2. The third-order valence-electron chi connectivity index (χ3n) is 6.66. The third-order valence-corrected chi connectivity index (χ3v) is 8.31. The Morgan fingerprint density at radius 3 is 2.75 bits per heavy atom. The van der Waals surface area contributed by atoms with Gasteiger partial charge in [-0.2, -0.15) is 10.1 Å². The van der Waals surface area contributed by atoms with Crippen LogP contribution in [0, 0.1) is 5.92 Å². The second-order valence-corrected chi connectivity index (χ2v) is 11.3. The summed E-state index contributed by atoms with van der Waals surface area (Å²) in [6, 6.07) is 7.33. The number of nitrogens with two attached hydrogens (primary N) is 1. The Hall–Kier alpha value is -3.29. The zero-order valence-electron chi connectivity index (χ0n) is 22.6. The van der Waals surface area contributed by atoms with E-state index in [-0.39, 0.29) is 48.4 Å². The Balaban J connectivity index is 1.45. The molecule has 14 nitrogen and oxygen atoms in total. The maximum atomic E-state index is 13.8. The lowest BCUT2D eigenvalue weighted by Crippen LogP contribution is -2.37. The molecule has 0 amide bonds. The van der Waals surface area contributed by atoms with E-state index in [2.05, 4.69) is 20.0 Å². The molecule has 0 bridgehead atoms. The molecule has 3 heterocycles. The highest BCUT2D eigenvalue weighted by molar-refractivity contribution is 7.52. The minimum atomic E-state index is -4.16. The molecule has 1 aliphatic rings. The van der Waals surface area contributed by atoms with Crippen molar-refractivity contribution in [2.45, 2.75) is 64.5 Å². The van der Waals surface area contributed by atoms with Crippen LogP contribution in [0.3, 0.4) is 0 Å². The number of aliphatic hydroxyl groups is 1. The van der Waals surface area contributed by atoms with Crippen molar-refractivity contribution in [2.24, 2.45) is 5.92 Å². The van der Waals surface area contributed by atoms with Crippen LogP contribution in [0.25, 0.3) is 11.2 Å². The largest absolute Gasteiger partial charge is 0.464 e. The first-order valence-corrected chi connectivity index (χ1v) is 14.7. The molecule has 2 aromatic heterocycles. The zero-order valence-corrected chi connectivity index (χ0v) is 23.5. The number of aliphatic hydroxyl groups excluding tert-OH is 1. The van der Waals surface area contributed by atoms with Crippen molar-refractivity contribution in [3.63, 3.8) is 0 Å². The van der Waals surface area contributed by atoms with Crippen molar-refractivity contribution in [3.8, 4) is 5.75 Å². The maximum Gasteiger partial charge on any atom is 0.459 e. The Labute approximate surface area is 230 Å². The number of nitrogens with zero attached hydrogens (tertiary/aromatic N) is 3. The fourth-order valence-electron chi connectivity index (χ4n) is 4.21. The number of anilines is 1. The van der Waals surface area contributed by atoms with Crippen molar-refractivity contribution in [1.82, 2.24) is 24.6 Å². The highest BCUT2D eigenvalue weighted by Crippen LogP contribution is 2.46. The second kappa shape index (κ2) is 12.9. The molecule has 15 heteroatoms. The number of esters is 1. The fraction of sp³-hybridized carbons (Fsp3) is 0.520. The first-order chi connectivity index (χ1) is 19.1. The highest BCUT2D eigenvalue weighted by Gasteiger charge is 2.40. The molecule has 4 rings (SSSR count). The van der Waals surface area contributed by atoms with Crippen LogP contribution in [0.4, 0.5) is 5.95 Å². The normalized spacial score (nSPS) is 21.4. The first-order valence-electron chi connectivity index (χ1n) is 13.1. The van der Waals surface area contributed by atoms with E-state index in [1.807, 2.05) is 13.8 Å². The van der Waals surface area contributed by atoms with E-state index in [4.69, 9.17) is 24.3 Å². The minimum absolute atomic E-state index is 0.0713. The number of para-hydroxylation sites is 1. The van der Waals surface area contributed by atoms with Gasteiger partial charge in [0.25, 0.3) is 5.56 Å². The Bertz CT molecular complexity index is 1390. The SMILES string of the molecule is CCC(CC)COC(=O)[C@H](C)NP(=O)(OC[C@H]1O[C@@H](n2cnc3c(=O)[nH]c(N)nc32)C[C@@H]1O)Oc1ccccc1. The number of imidazole rings is 1. The number of benzene rings is 1. The topological polar surface area (TPSA) is 193 Å². The van der Waals surface area contributed by atoms with Gasteiger partial charge in [-0.1, -0.05) is 44.9 Å². The van der Waals surface area contributed by atoms with Crippen molar-refractivity contribution in [2.75, 3.05) is 18.9 Å². The van der Waals surface area contributed by atoms with E-state index in [9.17, 15) is 19.3 Å². The third kappa shape index (κ3) is 7.07. The molecule has 1 fully saturated rings. The number of carbonyl (C=O) groups is 1. The van der Waals surface area contributed by atoms with E-state index in [0.29, 0.717) is 0 Å². The summed E-state index contributed by atoms with van der Waals surface area (Å²) in [5.74, 6) is -0.208. The lowest BCUT2D eigenvalue weighted by molar-refractivity contribution is -0.146. The van der Waals surface area contributed by atoms with E-state index in [1.54, 1.807) is 30.3 Å². The van der Waals surface area contributed by atoms with E-state index < -0.39 is 43.8 Å². The number of H-pyrrole nitrogens is 1. The summed E-state index contributed by atoms with van der Waals surface area (Å²) in [5, 5.41) is 13.3. The molecule has 1 aromatic carbocycles. The van der Waals surface area contributed by atoms with Crippen LogP contribution >= 0.6 is 7.75 Å². The summed E-state index contributed by atoms with van der Waals surface area (Å²) in [6.07, 6.45) is 0.524. The number of ether oxygens (including phenoxy) is 2. The molecule has 5 atom stereocenters. The predicted molar refractivity (Wildman–Crippen MR) is 145 cm³/mol. The van der Waals surface area contributed by atoms with Crippen LogP contribution in [-0.2, 0) is 23.4 Å². The quantitative estimate of drug-likeness (QED) is 0.171. The summed E-state index contributed by atoms with van der Waals surface area (Å²) in [6.45, 7) is 5.45. The summed E-state index contributed by atoms with van der Waals surface area (Å²) in [7, 11) is -4.16. The van der Waals surface area contributed by atoms with Gasteiger partial charge in [0.1, 0.15) is 24.1 Å². The number of carbonyl (C=O) groups excluding carboxylic acids is 1. The molecule has 1 unspecified atom stereocenters. The van der Waals surface area contributed by atoms with Gasteiger partial charge >= 0.3 is 13.7 Å². The van der Waals surface area contributed by atoms with Gasteiger partial charge in [-0.05, 0) is 25.0 Å². The number of hydrogen-bond donors (Lipinski definition) is 4. The van der Waals surface area contributed by atoms with Crippen LogP contribution in [0.2, 0.25) is 0 Å². The lowest BCUT2D eigenvalue weighted by atomic mass is 10.1. The van der Waals surface area contributed by atoms with Crippen LogP contribution in [0.5, 0.6) is 5.75 Å². The molecule has 0 saturated carbocycles. The minimum Gasteiger partial charge on any atom is -0.464 e. The van der Waals surface area contributed by atoms with Crippen LogP contribution < -0.4 is 20.9 Å². The molecule has 3 aromatic rings. The van der Waals surface area contributed by atoms with Crippen molar-refractivity contribution in [3.05, 3.63) is 47.0 Å². The summed E-state index contributed by atoms with van der Waals surface area (Å²) in [5.41, 5.74) is 5.43. The fourth-order valence-corrected chi connectivity index (χ4v) is 5.71. The molecule has 0 spiro atoms. The van der Waals surface area contributed by atoms with Crippen molar-refractivity contribution in [1.29, 1.82) is 0 Å². The predicted octanol–water partition coefficient (Wildman–Crippen LogP) is 2.51. The standard InChI is InChI=1S/C25H35N6O8P/c1-4-16(5-2)12-36-24(34)15(3)30-40(35,39-17-9-7-6-8-10-17)37-13-19-18(32)11-20(38-19)31-14-27-21-22(31)28-25(26)29-23(21)33/h6-10,14-16,18-20,32H,4-5,11-13H2,1-3H3,(H,30,35)(H3,26,28,29,33)/t15-,18-,19+,20+,40?/m0/s1. The van der Waals surface area contributed by atoms with Crippen molar-refractivity contribution < 1.29 is 33.0 Å². The van der Waals surface area contributed by atoms with Crippen LogP contribution in [0.15, 0.2) is 41.5 Å². The number of fused-ring (bicyclic) bond motifs is 1. The van der Waals surface area contributed by atoms with Gasteiger partial charge in [-0.25, -0.2) is 9.55 Å². The number of aromatic nitrogens is 4. The van der Waals surface area contributed by atoms with E-state index >= 15 is 0 Å². The Morgan fingerprint density at radius 1 is 1.32 bits per heavy atom. The van der Waals surface area contributed by atoms with Gasteiger partial charge < -0.3 is 24.8 Å². The molecule has 0 radical (unpaired) electrons. The van der Waals surface area contributed by atoms with Gasteiger partial charge in [0, 0.05) is 6.42 Å². The number of hydrogen-bond acceptors (Lipinski definition) is 11. The van der Waals surface area contributed by atoms with E-state index in [0.717, 1.165) is 12.8 Å². The van der Waals surface area contributed by atoms with Gasteiger partial charge in [-0.3, -0.25) is 23.7 Å². The number of aromatic amines is 1. The van der Waals surface area contributed by atoms with Gasteiger partial charge in [0.2, 0.25) is 5.95 Å². The lowest BCUT2D eigenvalue weighted by Gasteiger charge is -2.25. The molecule has 0 aliphatic carbocycles. The van der Waals surface area contributed by atoms with Crippen molar-refractivity contribution >= 4 is 30.8 Å². The van der Waals surface area contributed by atoms with E-state index in [1.165, 1.54) is 17.8 Å². The number of rotatable bonds is 13. The molecule has 1 saturated heterocycles. The van der Waals surface area contributed by atoms with Gasteiger partial charge in [0.15, 0.2) is 11.2 Å². The maximum absolute atomic E-state index is 13.8. The molecule has 218 valence electrons. The Morgan fingerprint density at radius 2 is 2.05 bits per heavy atom. The smallest absolute Gasteiger partial charge is 0.459 e. The summed E-state index contributed by atoms with van der Waals surface area (Å²) >= 11 is 0. The molecule has 40 heavy (non-hydrogen) atoms. The van der Waals surface area contributed by atoms with Gasteiger partial charge in [-0.15, -0.1) is 0 Å². The summed E-state index contributed by atoms with van der Waals surface area (Å²) < 4.78 is 38.0. The van der Waals surface area contributed by atoms with Crippen LogP contribution in [0.1, 0.15) is 46.3 Å². The highest BCUT2D eigenvalue weighted by atomic mass is 31.2. The molecular formula is C25H35N6O8P. The molecule has 1 aliphatic heterocycles. The zero-order chi connectivity index (χ0) is 28.9. The van der Waals surface area contributed by atoms with Gasteiger partial charge in [0.05, 0.1) is 25.6 Å².